The summed E-state index contributed by atoms with van der Waals surface area (Å²) in [5.74, 6) is -4.42. The number of Topliss-reactive ketones (excluding diaryl/α,β-unsaturated/α-hetero) is 1. The van der Waals surface area contributed by atoms with E-state index >= 15 is 0 Å². The van der Waals surface area contributed by atoms with Crippen molar-refractivity contribution in [3.05, 3.63) is 87.9 Å². The molecule has 1 aliphatic carbocycles. The number of halogens is 1. The van der Waals surface area contributed by atoms with Crippen molar-refractivity contribution in [3.63, 3.8) is 0 Å². The van der Waals surface area contributed by atoms with E-state index in [1.165, 1.54) is 6.92 Å². The Morgan fingerprint density at radius 2 is 1.54 bits per heavy atom. The zero-order valence-corrected chi connectivity index (χ0v) is 24.0. The van der Waals surface area contributed by atoms with Crippen molar-refractivity contribution in [2.24, 2.45) is 11.8 Å². The molecule has 0 heterocycles. The van der Waals surface area contributed by atoms with Gasteiger partial charge in [-0.2, -0.15) is 0 Å². The van der Waals surface area contributed by atoms with E-state index in [0.717, 1.165) is 11.1 Å². The monoisotopic (exact) mass is 592 g/mol. The fourth-order valence-electron chi connectivity index (χ4n) is 5.38. The van der Waals surface area contributed by atoms with E-state index in [2.05, 4.69) is 26.6 Å². The molecule has 3 aromatic carbocycles. The molecular formula is C31H33BrN2O5. The highest BCUT2D eigenvalue weighted by molar-refractivity contribution is 9.10. The minimum atomic E-state index is -1.72. The summed E-state index contributed by atoms with van der Waals surface area (Å²) >= 11 is 3.49. The van der Waals surface area contributed by atoms with Gasteiger partial charge in [0.15, 0.2) is 0 Å². The molecule has 4 unspecified atom stereocenters. The Balaban J connectivity index is 1.86. The summed E-state index contributed by atoms with van der Waals surface area (Å²) in [5.41, 5.74) is 1.62. The first-order chi connectivity index (χ1) is 18.5. The van der Waals surface area contributed by atoms with Gasteiger partial charge >= 0.3 is 0 Å². The summed E-state index contributed by atoms with van der Waals surface area (Å²) in [6.07, 6.45) is -0.348. The maximum atomic E-state index is 14.0. The minimum Gasteiger partial charge on any atom is -0.494 e. The topological polar surface area (TPSA) is 105 Å². The number of para-hydroxylation sites is 2. The van der Waals surface area contributed by atoms with Gasteiger partial charge in [0.1, 0.15) is 17.5 Å². The summed E-state index contributed by atoms with van der Waals surface area (Å²) in [6, 6.07) is 19.9. The number of nitrogens with one attached hydrogen (secondary N) is 2. The number of aryl methyl sites for hydroxylation is 2. The number of carbonyl (C=O) groups is 3. The average Bonchev–Trinajstić information content (AvgIpc) is 2.87. The Labute approximate surface area is 237 Å². The van der Waals surface area contributed by atoms with E-state index < -0.39 is 41.0 Å². The van der Waals surface area contributed by atoms with E-state index in [1.54, 1.807) is 36.4 Å². The molecule has 7 nitrogen and oxygen atoms in total. The van der Waals surface area contributed by atoms with Crippen molar-refractivity contribution in [1.82, 2.24) is 0 Å². The van der Waals surface area contributed by atoms with Crippen LogP contribution in [0.25, 0.3) is 0 Å². The Morgan fingerprint density at radius 3 is 2.10 bits per heavy atom. The lowest BCUT2D eigenvalue weighted by molar-refractivity contribution is -0.150. The molecule has 3 N–H and O–H groups in total. The first kappa shape index (κ1) is 28.5. The van der Waals surface area contributed by atoms with Crippen LogP contribution in [0.1, 0.15) is 42.9 Å². The number of aliphatic hydroxyl groups is 1. The maximum Gasteiger partial charge on any atom is 0.235 e. The van der Waals surface area contributed by atoms with Gasteiger partial charge in [0.05, 0.1) is 18.1 Å². The third-order valence-corrected chi connectivity index (χ3v) is 7.76. The first-order valence-electron chi connectivity index (χ1n) is 12.9. The fourth-order valence-corrected chi connectivity index (χ4v) is 5.76. The zero-order valence-electron chi connectivity index (χ0n) is 22.5. The smallest absolute Gasteiger partial charge is 0.235 e. The molecule has 4 atom stereocenters. The van der Waals surface area contributed by atoms with Gasteiger partial charge in [-0.1, -0.05) is 52.3 Å². The molecule has 0 aliphatic heterocycles. The van der Waals surface area contributed by atoms with Crippen LogP contribution < -0.4 is 15.4 Å². The Morgan fingerprint density at radius 1 is 0.974 bits per heavy atom. The van der Waals surface area contributed by atoms with Gasteiger partial charge in [-0.3, -0.25) is 14.4 Å². The van der Waals surface area contributed by atoms with Gasteiger partial charge in [-0.25, -0.2) is 0 Å². The first-order valence-corrected chi connectivity index (χ1v) is 13.7. The summed E-state index contributed by atoms with van der Waals surface area (Å²) in [7, 11) is 0. The molecule has 8 heteroatoms. The number of anilines is 2. The third-order valence-electron chi connectivity index (χ3n) is 7.27. The van der Waals surface area contributed by atoms with Crippen LogP contribution in [0.3, 0.4) is 0 Å². The second kappa shape index (κ2) is 11.7. The van der Waals surface area contributed by atoms with Gasteiger partial charge in [0, 0.05) is 33.7 Å². The van der Waals surface area contributed by atoms with Crippen LogP contribution in [-0.4, -0.2) is 34.9 Å². The normalized spacial score (nSPS) is 22.7. The summed E-state index contributed by atoms with van der Waals surface area (Å²) in [6.45, 7) is 7.38. The molecule has 0 spiro atoms. The van der Waals surface area contributed by atoms with E-state index in [1.807, 2.05) is 51.1 Å². The van der Waals surface area contributed by atoms with Gasteiger partial charge in [-0.05, 0) is 69.2 Å². The highest BCUT2D eigenvalue weighted by Crippen LogP contribution is 2.49. The molecule has 1 aliphatic rings. The average molecular weight is 594 g/mol. The van der Waals surface area contributed by atoms with Crippen molar-refractivity contribution in [2.75, 3.05) is 17.2 Å². The van der Waals surface area contributed by atoms with Crippen LogP contribution >= 0.6 is 15.9 Å². The summed E-state index contributed by atoms with van der Waals surface area (Å²) in [5, 5.41) is 17.4. The minimum absolute atomic E-state index is 0.339. The lowest BCUT2D eigenvalue weighted by Crippen LogP contribution is -2.56. The largest absolute Gasteiger partial charge is 0.494 e. The predicted octanol–water partition coefficient (Wildman–Crippen LogP) is 5.78. The van der Waals surface area contributed by atoms with Crippen LogP contribution in [0.15, 0.2) is 71.2 Å². The molecule has 1 fully saturated rings. The third kappa shape index (κ3) is 6.07. The van der Waals surface area contributed by atoms with E-state index in [-0.39, 0.29) is 6.42 Å². The van der Waals surface area contributed by atoms with Crippen LogP contribution in [0.2, 0.25) is 0 Å². The number of benzene rings is 3. The molecule has 0 aromatic heterocycles. The number of ether oxygens (including phenoxy) is 1. The van der Waals surface area contributed by atoms with Crippen LogP contribution in [0.5, 0.6) is 5.75 Å². The van der Waals surface area contributed by atoms with Crippen molar-refractivity contribution in [3.8, 4) is 5.75 Å². The van der Waals surface area contributed by atoms with E-state index in [0.29, 0.717) is 33.8 Å². The molecule has 3 aromatic rings. The molecule has 39 heavy (non-hydrogen) atoms. The number of ketones is 1. The second-order valence-electron chi connectivity index (χ2n) is 10.2. The molecule has 0 saturated heterocycles. The lowest BCUT2D eigenvalue weighted by Gasteiger charge is -2.45. The zero-order chi connectivity index (χ0) is 28.3. The van der Waals surface area contributed by atoms with Crippen molar-refractivity contribution in [1.29, 1.82) is 0 Å². The van der Waals surface area contributed by atoms with Gasteiger partial charge in [0.25, 0.3) is 0 Å². The van der Waals surface area contributed by atoms with Gasteiger partial charge in [0.2, 0.25) is 11.8 Å². The quantitative estimate of drug-likeness (QED) is 0.301. The molecule has 4 rings (SSSR count). The number of amides is 2. The van der Waals surface area contributed by atoms with E-state index in [4.69, 9.17) is 4.74 Å². The molecule has 1 saturated carbocycles. The van der Waals surface area contributed by atoms with Crippen LogP contribution in [0.4, 0.5) is 11.4 Å². The van der Waals surface area contributed by atoms with Gasteiger partial charge in [-0.15, -0.1) is 0 Å². The Kier molecular flexibility index (Phi) is 8.57. The van der Waals surface area contributed by atoms with Crippen LogP contribution in [-0.2, 0) is 14.4 Å². The Hall–Kier alpha value is -3.49. The van der Waals surface area contributed by atoms with Crippen molar-refractivity contribution < 1.29 is 24.2 Å². The second-order valence-corrected chi connectivity index (χ2v) is 11.1. The van der Waals surface area contributed by atoms with E-state index in [9.17, 15) is 19.5 Å². The highest BCUT2D eigenvalue weighted by atomic mass is 79.9. The Bertz CT molecular complexity index is 1400. The molecule has 204 valence electrons. The summed E-state index contributed by atoms with van der Waals surface area (Å²) < 4.78 is 6.59. The lowest BCUT2D eigenvalue weighted by atomic mass is 9.61. The van der Waals surface area contributed by atoms with Gasteiger partial charge < -0.3 is 20.5 Å². The number of hydrogen-bond donors (Lipinski definition) is 3. The van der Waals surface area contributed by atoms with Crippen LogP contribution in [0, 0.1) is 25.7 Å². The SMILES string of the molecule is CCOc1ccc(Br)cc1C1C(C(=O)Nc2ccccc2C)C(=O)CC(C)(O)C1C(=O)Nc1ccccc1C. The highest BCUT2D eigenvalue weighted by Gasteiger charge is 2.56. The fraction of sp³-hybridized carbons (Fsp3) is 0.323. The molecular weight excluding hydrogens is 560 g/mol. The standard InChI is InChI=1S/C31H33BrN2O5/c1-5-39-25-15-14-20(32)16-21(25)26-27(29(36)33-22-12-8-6-10-18(22)2)24(35)17-31(4,38)28(26)30(37)34-23-13-9-7-11-19(23)3/h6-16,26-28,38H,5,17H2,1-4H3,(H,33,36)(H,34,37). The summed E-state index contributed by atoms with van der Waals surface area (Å²) in [4.78, 5) is 41.5. The number of rotatable bonds is 7. The number of hydrogen-bond acceptors (Lipinski definition) is 5. The number of carbonyl (C=O) groups excluding carboxylic acids is 3. The molecule has 0 bridgehead atoms. The molecule has 2 amide bonds. The maximum absolute atomic E-state index is 14.0. The van der Waals surface area contributed by atoms with Crippen molar-refractivity contribution in [2.45, 2.75) is 45.6 Å². The van der Waals surface area contributed by atoms with Crippen molar-refractivity contribution >= 4 is 44.9 Å². The predicted molar refractivity (Wildman–Crippen MR) is 155 cm³/mol. The molecule has 0 radical (unpaired) electrons.